The number of aliphatic hydroxyl groups is 1. The molecule has 0 bridgehead atoms. The van der Waals surface area contributed by atoms with Gasteiger partial charge in [-0.2, -0.15) is 43.9 Å². The number of alkyl halides is 12. The molecule has 0 rings (SSSR count). The third-order valence-electron chi connectivity index (χ3n) is 2.73. The molecule has 1 unspecified atom stereocenters. The van der Waals surface area contributed by atoms with Crippen LogP contribution >= 0.6 is 22.6 Å². The van der Waals surface area contributed by atoms with E-state index in [0.717, 1.165) is 0 Å². The number of aliphatic hydroxyl groups excluding tert-OH is 1. The fraction of sp³-hybridized carbons (Fsp3) is 1.00. The monoisotopic (exact) mass is 498 g/mol. The van der Waals surface area contributed by atoms with Crippen molar-refractivity contribution in [3.05, 3.63) is 0 Å². The van der Waals surface area contributed by atoms with E-state index in [-0.39, 0.29) is 0 Å². The zero-order valence-electron chi connectivity index (χ0n) is 11.3. The van der Waals surface area contributed by atoms with Crippen LogP contribution in [0, 0.1) is 0 Å². The number of ether oxygens (including phenoxy) is 1. The molecular formula is C10H10F11IO2. The predicted molar refractivity (Wildman–Crippen MR) is 66.2 cm³/mol. The second-order valence-electron chi connectivity index (χ2n) is 4.54. The fourth-order valence-electron chi connectivity index (χ4n) is 1.39. The van der Waals surface area contributed by atoms with Crippen molar-refractivity contribution >= 4 is 22.6 Å². The molecule has 0 radical (unpaired) electrons. The first-order valence-corrected chi connectivity index (χ1v) is 7.11. The van der Waals surface area contributed by atoms with Gasteiger partial charge >= 0.3 is 29.9 Å². The van der Waals surface area contributed by atoms with Gasteiger partial charge in [-0.25, -0.2) is 4.39 Å². The molecule has 0 amide bonds. The molecule has 0 aliphatic carbocycles. The number of rotatable bonds is 8. The summed E-state index contributed by atoms with van der Waals surface area (Å²) in [5.74, 6) is -13.1. The van der Waals surface area contributed by atoms with Crippen molar-refractivity contribution in [3.8, 4) is 0 Å². The number of halogens is 12. The molecule has 0 saturated heterocycles. The maximum Gasteiger partial charge on any atom is 0.438 e. The van der Waals surface area contributed by atoms with Crippen LogP contribution in [0.1, 0.15) is 6.42 Å². The summed E-state index contributed by atoms with van der Waals surface area (Å²) >= 11 is 1.55. The van der Waals surface area contributed by atoms with Crippen LogP contribution < -0.4 is 0 Å². The molecular weight excluding hydrogens is 488 g/mol. The van der Waals surface area contributed by atoms with Crippen LogP contribution in [0.25, 0.3) is 0 Å². The molecule has 0 aromatic rings. The molecule has 0 spiro atoms. The van der Waals surface area contributed by atoms with E-state index in [4.69, 9.17) is 5.11 Å². The summed E-state index contributed by atoms with van der Waals surface area (Å²) in [4.78, 5) is 0. The smallest absolute Gasteiger partial charge is 0.395 e. The molecule has 1 N–H and O–H groups in total. The summed E-state index contributed by atoms with van der Waals surface area (Å²) in [6, 6.07) is 0. The molecule has 14 heteroatoms. The Hall–Kier alpha value is -0.120. The normalized spacial score (nSPS) is 16.4. The third kappa shape index (κ3) is 4.53. The van der Waals surface area contributed by atoms with E-state index >= 15 is 0 Å². The summed E-state index contributed by atoms with van der Waals surface area (Å²) in [6.07, 6.45) is -17.0. The Bertz CT molecular complexity index is 393. The Morgan fingerprint density at radius 3 is 1.58 bits per heavy atom. The molecule has 0 fully saturated rings. The van der Waals surface area contributed by atoms with Crippen LogP contribution in [0.15, 0.2) is 0 Å². The van der Waals surface area contributed by atoms with Gasteiger partial charge in [0, 0.05) is 6.42 Å². The number of hydrogen-bond donors (Lipinski definition) is 1. The van der Waals surface area contributed by atoms with E-state index in [1.165, 1.54) is 0 Å². The van der Waals surface area contributed by atoms with Gasteiger partial charge in [-0.1, -0.05) is 22.6 Å². The van der Waals surface area contributed by atoms with E-state index in [9.17, 15) is 48.3 Å². The molecule has 0 aliphatic rings. The average molecular weight is 498 g/mol. The molecule has 0 aliphatic heterocycles. The van der Waals surface area contributed by atoms with Crippen molar-refractivity contribution in [2.45, 2.75) is 40.2 Å². The summed E-state index contributed by atoms with van der Waals surface area (Å²) in [7, 11) is 0. The van der Waals surface area contributed by atoms with Gasteiger partial charge in [0.05, 0.1) is 23.7 Å². The summed E-state index contributed by atoms with van der Waals surface area (Å²) < 4.78 is 143. The van der Waals surface area contributed by atoms with Crippen LogP contribution in [0.5, 0.6) is 0 Å². The van der Waals surface area contributed by atoms with Crippen LogP contribution in [0.2, 0.25) is 0 Å². The van der Waals surface area contributed by atoms with Crippen molar-refractivity contribution in [3.63, 3.8) is 0 Å². The SMILES string of the molecule is OCC(I)COCCC(F)(F)C(F)(F)C(F)(C(F)(F)F)C(F)(F)F. The van der Waals surface area contributed by atoms with Gasteiger partial charge in [-0.15, -0.1) is 0 Å². The molecule has 0 aromatic heterocycles. The zero-order chi connectivity index (χ0) is 19.6. The van der Waals surface area contributed by atoms with Gasteiger partial charge in [-0.05, 0) is 0 Å². The summed E-state index contributed by atoms with van der Waals surface area (Å²) in [6.45, 7) is -2.38. The van der Waals surface area contributed by atoms with Gasteiger partial charge in [-0.3, -0.25) is 0 Å². The third-order valence-corrected chi connectivity index (χ3v) is 3.48. The lowest BCUT2D eigenvalue weighted by atomic mass is 9.89. The highest BCUT2D eigenvalue weighted by Gasteiger charge is 2.89. The fourth-order valence-corrected chi connectivity index (χ4v) is 1.64. The first kappa shape index (κ1) is 23.9. The minimum Gasteiger partial charge on any atom is -0.395 e. The minimum atomic E-state index is -7.44. The second kappa shape index (κ2) is 7.63. The molecule has 0 aromatic carbocycles. The van der Waals surface area contributed by atoms with Crippen molar-refractivity contribution in [1.29, 1.82) is 0 Å². The standard InChI is InChI=1S/C10H10F11IO2/c11-6(12,1-2-24-4-5(22)3-23)8(14,15)7(13,9(16,17)18)10(19,20)21/h5,23H,1-4H2. The maximum atomic E-state index is 13.2. The first-order chi connectivity index (χ1) is 10.5. The summed E-state index contributed by atoms with van der Waals surface area (Å²) in [5, 5.41) is 8.55. The molecule has 1 atom stereocenters. The Morgan fingerprint density at radius 1 is 0.833 bits per heavy atom. The van der Waals surface area contributed by atoms with E-state index < -0.39 is 60.0 Å². The molecule has 146 valence electrons. The Morgan fingerprint density at radius 2 is 1.25 bits per heavy atom. The maximum absolute atomic E-state index is 13.2. The van der Waals surface area contributed by atoms with Crippen LogP contribution in [0.3, 0.4) is 0 Å². The van der Waals surface area contributed by atoms with Gasteiger partial charge in [0.2, 0.25) is 0 Å². The van der Waals surface area contributed by atoms with Gasteiger partial charge in [0.15, 0.2) is 0 Å². The Kier molecular flexibility index (Phi) is 7.60. The highest BCUT2D eigenvalue weighted by molar-refractivity contribution is 14.1. The topological polar surface area (TPSA) is 29.5 Å². The first-order valence-electron chi connectivity index (χ1n) is 5.86. The van der Waals surface area contributed by atoms with Crippen LogP contribution in [0.4, 0.5) is 48.3 Å². The zero-order valence-corrected chi connectivity index (χ0v) is 13.5. The minimum absolute atomic E-state index is 0.488. The number of hydrogen-bond acceptors (Lipinski definition) is 2. The lowest BCUT2D eigenvalue weighted by molar-refractivity contribution is -0.427. The van der Waals surface area contributed by atoms with Crippen molar-refractivity contribution in [2.24, 2.45) is 0 Å². The molecule has 24 heavy (non-hydrogen) atoms. The highest BCUT2D eigenvalue weighted by atomic mass is 127. The van der Waals surface area contributed by atoms with E-state index in [1.54, 1.807) is 22.6 Å². The molecule has 0 heterocycles. The summed E-state index contributed by atoms with van der Waals surface area (Å²) in [5.41, 5.74) is -7.44. The van der Waals surface area contributed by atoms with E-state index in [0.29, 0.717) is 0 Å². The lowest BCUT2D eigenvalue weighted by Gasteiger charge is -2.39. The second-order valence-corrected chi connectivity index (χ2v) is 6.30. The van der Waals surface area contributed by atoms with Crippen LogP contribution in [-0.2, 0) is 4.74 Å². The van der Waals surface area contributed by atoms with Crippen molar-refractivity contribution < 1.29 is 58.1 Å². The Labute approximate surface area is 141 Å². The average Bonchev–Trinajstić information content (AvgIpc) is 2.39. The lowest BCUT2D eigenvalue weighted by Crippen LogP contribution is -2.70. The molecule has 0 saturated carbocycles. The quantitative estimate of drug-likeness (QED) is 0.234. The highest BCUT2D eigenvalue weighted by Crippen LogP contribution is 2.59. The van der Waals surface area contributed by atoms with Crippen molar-refractivity contribution in [1.82, 2.24) is 0 Å². The van der Waals surface area contributed by atoms with Gasteiger partial charge in [0.25, 0.3) is 0 Å². The van der Waals surface area contributed by atoms with E-state index in [1.807, 2.05) is 0 Å². The largest absolute Gasteiger partial charge is 0.438 e. The van der Waals surface area contributed by atoms with Crippen molar-refractivity contribution in [2.75, 3.05) is 19.8 Å². The molecule has 2 nitrogen and oxygen atoms in total. The Balaban J connectivity index is 5.42. The van der Waals surface area contributed by atoms with Gasteiger partial charge < -0.3 is 9.84 Å². The van der Waals surface area contributed by atoms with Crippen LogP contribution in [-0.4, -0.2) is 58.7 Å². The van der Waals surface area contributed by atoms with Gasteiger partial charge in [0.1, 0.15) is 0 Å². The van der Waals surface area contributed by atoms with E-state index in [2.05, 4.69) is 4.74 Å². The predicted octanol–water partition coefficient (Wildman–Crippen LogP) is 4.29.